The smallest absolute Gasteiger partial charge is 0.303 e. The first-order chi connectivity index (χ1) is 7.68. The molecule has 0 saturated carbocycles. The van der Waals surface area contributed by atoms with Crippen LogP contribution in [-0.2, 0) is 16.0 Å². The molecule has 2 N–H and O–H groups in total. The van der Waals surface area contributed by atoms with Crippen molar-refractivity contribution in [1.29, 1.82) is 0 Å². The lowest BCUT2D eigenvalue weighted by Crippen LogP contribution is -2.25. The first kappa shape index (κ1) is 12.2. The third kappa shape index (κ3) is 5.14. The minimum Gasteiger partial charge on any atom is -0.481 e. The minimum absolute atomic E-state index is 0.0245. The zero-order chi connectivity index (χ0) is 11.8. The SMILES string of the molecule is O=C(O)CCCC(=O)NCCc1ccon1. The summed E-state index contributed by atoms with van der Waals surface area (Å²) in [5.74, 6) is -1.01. The van der Waals surface area contributed by atoms with E-state index < -0.39 is 5.97 Å². The molecule has 88 valence electrons. The monoisotopic (exact) mass is 226 g/mol. The summed E-state index contributed by atoms with van der Waals surface area (Å²) >= 11 is 0. The van der Waals surface area contributed by atoms with Crippen molar-refractivity contribution < 1.29 is 19.2 Å². The Morgan fingerprint density at radius 2 is 2.25 bits per heavy atom. The van der Waals surface area contributed by atoms with Crippen molar-refractivity contribution in [3.63, 3.8) is 0 Å². The van der Waals surface area contributed by atoms with Crippen LogP contribution in [0.4, 0.5) is 0 Å². The van der Waals surface area contributed by atoms with E-state index in [1.807, 2.05) is 0 Å². The van der Waals surface area contributed by atoms with Gasteiger partial charge in [0.15, 0.2) is 0 Å². The van der Waals surface area contributed by atoms with Gasteiger partial charge in [-0.05, 0) is 6.42 Å². The number of aliphatic carboxylic acids is 1. The van der Waals surface area contributed by atoms with Crippen LogP contribution in [-0.4, -0.2) is 28.7 Å². The van der Waals surface area contributed by atoms with Crippen LogP contribution < -0.4 is 5.32 Å². The summed E-state index contributed by atoms with van der Waals surface area (Å²) in [5, 5.41) is 14.8. The van der Waals surface area contributed by atoms with E-state index >= 15 is 0 Å². The van der Waals surface area contributed by atoms with Crippen molar-refractivity contribution >= 4 is 11.9 Å². The molecule has 16 heavy (non-hydrogen) atoms. The second kappa shape index (κ2) is 6.60. The van der Waals surface area contributed by atoms with E-state index in [-0.39, 0.29) is 18.7 Å². The van der Waals surface area contributed by atoms with Crippen molar-refractivity contribution in [2.45, 2.75) is 25.7 Å². The third-order valence-electron chi connectivity index (χ3n) is 1.99. The first-order valence-corrected chi connectivity index (χ1v) is 5.06. The summed E-state index contributed by atoms with van der Waals surface area (Å²) in [6, 6.07) is 1.73. The fourth-order valence-electron chi connectivity index (χ4n) is 1.19. The number of carboxylic acids is 1. The molecule has 6 nitrogen and oxygen atoms in total. The highest BCUT2D eigenvalue weighted by Gasteiger charge is 2.03. The highest BCUT2D eigenvalue weighted by atomic mass is 16.5. The summed E-state index contributed by atoms with van der Waals surface area (Å²) in [6.07, 6.45) is 2.72. The van der Waals surface area contributed by atoms with E-state index in [9.17, 15) is 9.59 Å². The maximum atomic E-state index is 11.2. The predicted octanol–water partition coefficient (Wildman–Crippen LogP) is 0.588. The summed E-state index contributed by atoms with van der Waals surface area (Å²) in [4.78, 5) is 21.4. The summed E-state index contributed by atoms with van der Waals surface area (Å²) in [5.41, 5.74) is 0.783. The number of carbonyl (C=O) groups is 2. The van der Waals surface area contributed by atoms with Gasteiger partial charge in [-0.1, -0.05) is 5.16 Å². The molecule has 1 rings (SSSR count). The standard InChI is InChI=1S/C10H14N2O4/c13-9(2-1-3-10(14)15)11-6-4-8-5-7-16-12-8/h5,7H,1-4,6H2,(H,11,13)(H,14,15). The molecule has 0 bridgehead atoms. The Morgan fingerprint density at radius 1 is 1.44 bits per heavy atom. The van der Waals surface area contributed by atoms with Gasteiger partial charge < -0.3 is 14.9 Å². The average molecular weight is 226 g/mol. The van der Waals surface area contributed by atoms with Crippen LogP contribution in [0.25, 0.3) is 0 Å². The Kier molecular flexibility index (Phi) is 5.04. The van der Waals surface area contributed by atoms with Gasteiger partial charge in [-0.3, -0.25) is 9.59 Å². The Morgan fingerprint density at radius 3 is 2.88 bits per heavy atom. The molecule has 0 radical (unpaired) electrons. The van der Waals surface area contributed by atoms with Crippen LogP contribution >= 0.6 is 0 Å². The van der Waals surface area contributed by atoms with Crippen molar-refractivity contribution in [3.05, 3.63) is 18.0 Å². The average Bonchev–Trinajstić information content (AvgIpc) is 2.70. The molecule has 0 atom stereocenters. The highest BCUT2D eigenvalue weighted by Crippen LogP contribution is 1.96. The first-order valence-electron chi connectivity index (χ1n) is 5.06. The lowest BCUT2D eigenvalue weighted by atomic mass is 10.2. The van der Waals surface area contributed by atoms with E-state index in [2.05, 4.69) is 15.0 Å². The van der Waals surface area contributed by atoms with E-state index in [1.165, 1.54) is 6.26 Å². The van der Waals surface area contributed by atoms with Crippen LogP contribution in [0.5, 0.6) is 0 Å². The zero-order valence-corrected chi connectivity index (χ0v) is 8.81. The number of nitrogens with one attached hydrogen (secondary N) is 1. The number of nitrogens with zero attached hydrogens (tertiary/aromatic N) is 1. The van der Waals surface area contributed by atoms with Gasteiger partial charge in [-0.25, -0.2) is 0 Å². The second-order valence-corrected chi connectivity index (χ2v) is 3.34. The molecule has 0 unspecified atom stereocenters. The Hall–Kier alpha value is -1.85. The van der Waals surface area contributed by atoms with Crippen molar-refractivity contribution in [3.8, 4) is 0 Å². The number of aromatic nitrogens is 1. The van der Waals surface area contributed by atoms with Crippen molar-refractivity contribution in [1.82, 2.24) is 10.5 Å². The molecule has 0 fully saturated rings. The number of hydrogen-bond donors (Lipinski definition) is 2. The lowest BCUT2D eigenvalue weighted by Gasteiger charge is -2.02. The molecule has 0 aromatic carbocycles. The van der Waals surface area contributed by atoms with Crippen LogP contribution in [0.3, 0.4) is 0 Å². The molecule has 0 aliphatic carbocycles. The molecule has 0 spiro atoms. The van der Waals surface area contributed by atoms with Gasteiger partial charge in [-0.2, -0.15) is 0 Å². The molecule has 1 heterocycles. The van der Waals surface area contributed by atoms with Gasteiger partial charge in [0.2, 0.25) is 5.91 Å². The van der Waals surface area contributed by atoms with Crippen molar-refractivity contribution in [2.75, 3.05) is 6.54 Å². The van der Waals surface area contributed by atoms with Crippen LogP contribution in [0.15, 0.2) is 16.9 Å². The molecule has 6 heteroatoms. The normalized spacial score (nSPS) is 10.0. The third-order valence-corrected chi connectivity index (χ3v) is 1.99. The van der Waals surface area contributed by atoms with Crippen LogP contribution in [0, 0.1) is 0 Å². The van der Waals surface area contributed by atoms with Gasteiger partial charge in [0, 0.05) is 31.9 Å². The minimum atomic E-state index is -0.879. The van der Waals surface area contributed by atoms with Gasteiger partial charge >= 0.3 is 5.97 Å². The maximum absolute atomic E-state index is 11.2. The fourth-order valence-corrected chi connectivity index (χ4v) is 1.19. The number of carbonyl (C=O) groups excluding carboxylic acids is 1. The predicted molar refractivity (Wildman–Crippen MR) is 54.7 cm³/mol. The molecule has 1 aromatic heterocycles. The number of carboxylic acid groups (broad SMARTS) is 1. The molecule has 1 amide bonds. The summed E-state index contributed by atoms with van der Waals surface area (Å²) < 4.78 is 4.64. The topological polar surface area (TPSA) is 92.4 Å². The molecule has 1 aromatic rings. The number of rotatable bonds is 7. The maximum Gasteiger partial charge on any atom is 0.303 e. The quantitative estimate of drug-likeness (QED) is 0.709. The molecular weight excluding hydrogens is 212 g/mol. The van der Waals surface area contributed by atoms with Crippen LogP contribution in [0.1, 0.15) is 25.0 Å². The Bertz CT molecular complexity index is 335. The van der Waals surface area contributed by atoms with Gasteiger partial charge in [0.25, 0.3) is 0 Å². The zero-order valence-electron chi connectivity index (χ0n) is 8.81. The van der Waals surface area contributed by atoms with E-state index in [0.717, 1.165) is 5.69 Å². The largest absolute Gasteiger partial charge is 0.481 e. The molecule has 0 aliphatic rings. The number of hydrogen-bond acceptors (Lipinski definition) is 4. The van der Waals surface area contributed by atoms with Gasteiger partial charge in [0.1, 0.15) is 6.26 Å². The Labute approximate surface area is 92.6 Å². The second-order valence-electron chi connectivity index (χ2n) is 3.34. The van der Waals surface area contributed by atoms with E-state index in [1.54, 1.807) is 6.07 Å². The van der Waals surface area contributed by atoms with E-state index in [4.69, 9.17) is 5.11 Å². The summed E-state index contributed by atoms with van der Waals surface area (Å²) in [7, 11) is 0. The molecular formula is C10H14N2O4. The van der Waals surface area contributed by atoms with Crippen molar-refractivity contribution in [2.24, 2.45) is 0 Å². The van der Waals surface area contributed by atoms with Gasteiger partial charge in [-0.15, -0.1) is 0 Å². The highest BCUT2D eigenvalue weighted by molar-refractivity contribution is 5.76. The fraction of sp³-hybridized carbons (Fsp3) is 0.500. The van der Waals surface area contributed by atoms with Gasteiger partial charge in [0.05, 0.1) is 5.69 Å². The molecule has 0 aliphatic heterocycles. The van der Waals surface area contributed by atoms with E-state index in [0.29, 0.717) is 19.4 Å². The lowest BCUT2D eigenvalue weighted by molar-refractivity contribution is -0.137. The number of amides is 1. The molecule has 0 saturated heterocycles. The summed E-state index contributed by atoms with van der Waals surface area (Å²) in [6.45, 7) is 0.485. The Balaban J connectivity index is 2.04. The van der Waals surface area contributed by atoms with Crippen LogP contribution in [0.2, 0.25) is 0 Å².